The summed E-state index contributed by atoms with van der Waals surface area (Å²) in [7, 11) is -1.84. The van der Waals surface area contributed by atoms with E-state index in [1.807, 2.05) is 45.2 Å². The van der Waals surface area contributed by atoms with Gasteiger partial charge in [-0.05, 0) is 76.4 Å². The largest absolute Gasteiger partial charge is 0.512 e. The number of nitrogens with zero attached hydrogens (tertiary/aromatic N) is 1. The van der Waals surface area contributed by atoms with Gasteiger partial charge in [-0.3, -0.25) is 9.78 Å². The number of rotatable bonds is 10. The molecule has 0 bridgehead atoms. The Balaban J connectivity index is 0.000000323. The SMILES string of the molecule is CC(C)Cc1cccc2c1[Si](C)(C)c1c-2sc2c(-c3[c-]c4ccccc4c(C(C)(C)C)c3)nccc12.CCC(CC)C(=O)/C=C(\O)C(CC)CC.[Ir]. The molecule has 0 amide bonds. The van der Waals surface area contributed by atoms with Gasteiger partial charge >= 0.3 is 0 Å². The van der Waals surface area contributed by atoms with Crippen LogP contribution in [-0.4, -0.2) is 23.9 Å². The van der Waals surface area contributed by atoms with Gasteiger partial charge in [-0.2, -0.15) is 0 Å². The molecule has 3 heterocycles. The molecule has 0 atom stereocenters. The zero-order valence-corrected chi connectivity index (χ0v) is 37.4. The fraction of sp³-hybridized carbons (Fsp3) is 0.435. The van der Waals surface area contributed by atoms with Crippen molar-refractivity contribution < 1.29 is 30.0 Å². The first-order valence-corrected chi connectivity index (χ1v) is 22.9. The van der Waals surface area contributed by atoms with Gasteiger partial charge in [-0.1, -0.05) is 123 Å². The van der Waals surface area contributed by atoms with Crippen LogP contribution >= 0.6 is 11.3 Å². The van der Waals surface area contributed by atoms with Gasteiger partial charge in [0.15, 0.2) is 5.78 Å². The predicted molar refractivity (Wildman–Crippen MR) is 225 cm³/mol. The molecule has 0 aliphatic carbocycles. The van der Waals surface area contributed by atoms with Gasteiger partial charge in [-0.15, -0.1) is 40.5 Å². The number of ketones is 1. The average Bonchev–Trinajstić information content (AvgIpc) is 3.59. The molecule has 1 aliphatic rings. The Morgan fingerprint density at radius 2 is 1.56 bits per heavy atom. The Hall–Kier alpha value is -2.89. The van der Waals surface area contributed by atoms with Crippen LogP contribution in [0.1, 0.15) is 99.1 Å². The molecule has 0 unspecified atom stereocenters. The van der Waals surface area contributed by atoms with Gasteiger partial charge in [0, 0.05) is 59.5 Å². The third-order valence-corrected chi connectivity index (χ3v) is 15.8. The van der Waals surface area contributed by atoms with Gasteiger partial charge in [0.1, 0.15) is 8.07 Å². The molecule has 6 heteroatoms. The van der Waals surface area contributed by atoms with Crippen LogP contribution in [-0.2, 0) is 36.7 Å². The van der Waals surface area contributed by atoms with Crippen LogP contribution in [0.2, 0.25) is 13.1 Å². The first-order chi connectivity index (χ1) is 24.2. The summed E-state index contributed by atoms with van der Waals surface area (Å²) in [6.07, 6.45) is 8.08. The Bertz CT molecular complexity index is 2060. The van der Waals surface area contributed by atoms with Gasteiger partial charge in [0.25, 0.3) is 0 Å². The molecular formula is C46H58IrNO2SSi-. The number of aliphatic hydroxyl groups excluding tert-OH is 1. The summed E-state index contributed by atoms with van der Waals surface area (Å²) >= 11 is 1.95. The second kappa shape index (κ2) is 17.1. The molecule has 2 aromatic heterocycles. The minimum Gasteiger partial charge on any atom is -0.512 e. The number of aromatic nitrogens is 1. The molecule has 52 heavy (non-hydrogen) atoms. The van der Waals surface area contributed by atoms with E-state index in [2.05, 4.69) is 108 Å². The van der Waals surface area contributed by atoms with E-state index >= 15 is 0 Å². The summed E-state index contributed by atoms with van der Waals surface area (Å²) in [5.74, 6) is 1.21. The number of hydrogen-bond acceptors (Lipinski definition) is 4. The van der Waals surface area contributed by atoms with E-state index in [1.54, 1.807) is 15.9 Å². The number of pyridine rings is 1. The zero-order chi connectivity index (χ0) is 37.2. The Kier molecular flexibility index (Phi) is 13.7. The van der Waals surface area contributed by atoms with E-state index in [0.717, 1.165) is 43.4 Å². The summed E-state index contributed by atoms with van der Waals surface area (Å²) in [4.78, 5) is 18.2. The van der Waals surface area contributed by atoms with Crippen molar-refractivity contribution >= 4 is 56.4 Å². The van der Waals surface area contributed by atoms with Crippen molar-refractivity contribution in [2.24, 2.45) is 17.8 Å². The minimum absolute atomic E-state index is 0. The molecule has 0 fully saturated rings. The van der Waals surface area contributed by atoms with Crippen molar-refractivity contribution in [2.45, 2.75) is 113 Å². The molecule has 1 N–H and O–H groups in total. The van der Waals surface area contributed by atoms with Crippen molar-refractivity contribution in [3.05, 3.63) is 89.8 Å². The molecule has 3 nitrogen and oxygen atoms in total. The maximum Gasteiger partial charge on any atom is 0.162 e. The van der Waals surface area contributed by atoms with Crippen LogP contribution in [0.25, 0.3) is 42.6 Å². The van der Waals surface area contributed by atoms with Gasteiger partial charge in [0.05, 0.1) is 5.76 Å². The molecule has 1 aliphatic heterocycles. The number of benzene rings is 3. The minimum atomic E-state index is -1.84. The summed E-state index contributed by atoms with van der Waals surface area (Å²) in [5, 5.41) is 16.9. The van der Waals surface area contributed by atoms with Crippen LogP contribution in [0.4, 0.5) is 0 Å². The van der Waals surface area contributed by atoms with E-state index in [-0.39, 0.29) is 48.9 Å². The number of carbonyl (C=O) groups excluding carboxylic acids is 1. The van der Waals surface area contributed by atoms with Gasteiger partial charge in [0.2, 0.25) is 0 Å². The summed E-state index contributed by atoms with van der Waals surface area (Å²) in [6, 6.07) is 24.0. The smallest absolute Gasteiger partial charge is 0.162 e. The van der Waals surface area contributed by atoms with Crippen LogP contribution in [0.15, 0.2) is 72.6 Å². The fourth-order valence-electron chi connectivity index (χ4n) is 8.05. The summed E-state index contributed by atoms with van der Waals surface area (Å²) < 4.78 is 1.31. The first kappa shape index (κ1) is 41.9. The summed E-state index contributed by atoms with van der Waals surface area (Å²) in [6.45, 7) is 24.7. The molecule has 3 aromatic carbocycles. The van der Waals surface area contributed by atoms with Crippen molar-refractivity contribution in [3.8, 4) is 21.7 Å². The Morgan fingerprint density at radius 1 is 0.904 bits per heavy atom. The number of carbonyl (C=O) groups is 1. The van der Waals surface area contributed by atoms with Crippen LogP contribution in [0.3, 0.4) is 0 Å². The van der Waals surface area contributed by atoms with E-state index in [0.29, 0.717) is 5.92 Å². The fourth-order valence-corrected chi connectivity index (χ4v) is 14.1. The van der Waals surface area contributed by atoms with Crippen molar-refractivity contribution in [3.63, 3.8) is 0 Å². The number of allylic oxidation sites excluding steroid dienone is 2. The number of aliphatic hydroxyl groups is 1. The standard InChI is InChI=1S/C33H34NSSi.C13H24O2.Ir/c1-20(2)17-22-12-10-14-25-30-32(36(6,7)31(22)25)26-15-16-34-28(29(26)35-30)23-18-21-11-8-9-13-24(21)27(19-23)33(3,4)5;1-5-10(6-2)12(14)9-13(15)11(7-3)8-4;/h8-16,19-20H,17H2,1-7H3;9-11,14H,5-8H2,1-4H3;/q-1;;/b;12-9-;. The van der Waals surface area contributed by atoms with Crippen molar-refractivity contribution in [1.82, 2.24) is 4.98 Å². The third kappa shape index (κ3) is 8.26. The monoisotopic (exact) mass is 909 g/mol. The maximum absolute atomic E-state index is 11.7. The normalized spacial score (nSPS) is 13.7. The van der Waals surface area contributed by atoms with Crippen molar-refractivity contribution in [1.29, 1.82) is 0 Å². The molecule has 1 radical (unpaired) electrons. The van der Waals surface area contributed by atoms with Gasteiger partial charge in [-0.25, -0.2) is 0 Å². The van der Waals surface area contributed by atoms with E-state index in [1.165, 1.54) is 42.9 Å². The molecule has 279 valence electrons. The molecule has 6 rings (SSSR count). The zero-order valence-electron chi connectivity index (χ0n) is 33.2. The molecular weight excluding hydrogens is 851 g/mol. The van der Waals surface area contributed by atoms with Crippen LogP contribution in [0.5, 0.6) is 0 Å². The van der Waals surface area contributed by atoms with Gasteiger partial charge < -0.3 is 5.11 Å². The quantitative estimate of drug-likeness (QED) is 0.0657. The second-order valence-corrected chi connectivity index (χ2v) is 21.6. The molecule has 0 saturated heterocycles. The molecule has 5 aromatic rings. The van der Waals surface area contributed by atoms with Crippen molar-refractivity contribution in [2.75, 3.05) is 0 Å². The number of hydrogen-bond donors (Lipinski definition) is 1. The summed E-state index contributed by atoms with van der Waals surface area (Å²) in [5.41, 5.74) is 6.61. The van der Waals surface area contributed by atoms with E-state index < -0.39 is 8.07 Å². The Morgan fingerprint density at radius 3 is 2.17 bits per heavy atom. The van der Waals surface area contributed by atoms with Crippen LogP contribution < -0.4 is 10.4 Å². The number of thiophene rings is 1. The van der Waals surface area contributed by atoms with E-state index in [9.17, 15) is 9.90 Å². The maximum atomic E-state index is 11.7. The Labute approximate surface area is 331 Å². The first-order valence-electron chi connectivity index (χ1n) is 19.1. The van der Waals surface area contributed by atoms with E-state index in [4.69, 9.17) is 4.98 Å². The predicted octanol–water partition coefficient (Wildman–Crippen LogP) is 12.1. The molecule has 0 spiro atoms. The number of fused-ring (bicyclic) bond motifs is 6. The topological polar surface area (TPSA) is 50.2 Å². The average molecular weight is 909 g/mol. The third-order valence-electron chi connectivity index (χ3n) is 10.8. The second-order valence-electron chi connectivity index (χ2n) is 16.3. The van der Waals surface area contributed by atoms with Crippen LogP contribution in [0, 0.1) is 23.8 Å². The molecule has 0 saturated carbocycles.